The Morgan fingerprint density at radius 3 is 3.04 bits per heavy atom. The normalized spacial score (nSPS) is 34.4. The molecule has 23 heavy (non-hydrogen) atoms. The number of benzene rings is 1. The van der Waals surface area contributed by atoms with E-state index in [9.17, 15) is 5.11 Å². The molecule has 0 aliphatic heterocycles. The van der Waals surface area contributed by atoms with Crippen LogP contribution in [0, 0.1) is 18.8 Å². The van der Waals surface area contributed by atoms with E-state index in [4.69, 9.17) is 0 Å². The summed E-state index contributed by atoms with van der Waals surface area (Å²) in [6, 6.07) is 6.05. The second-order valence-corrected chi connectivity index (χ2v) is 8.13. The number of hydrogen-bond donors (Lipinski definition) is 2. The first kappa shape index (κ1) is 13.6. The second-order valence-electron chi connectivity index (χ2n) is 8.13. The van der Waals surface area contributed by atoms with E-state index in [1.807, 2.05) is 12.1 Å². The molecule has 0 radical (unpaired) electrons. The summed E-state index contributed by atoms with van der Waals surface area (Å²) >= 11 is 0. The number of aromatic hydroxyl groups is 1. The van der Waals surface area contributed by atoms with Crippen molar-refractivity contribution in [2.75, 3.05) is 0 Å². The number of rotatable bonds is 0. The van der Waals surface area contributed by atoms with Gasteiger partial charge in [0.25, 0.3) is 0 Å². The van der Waals surface area contributed by atoms with Crippen LogP contribution in [0.15, 0.2) is 18.2 Å². The molecule has 1 aromatic carbocycles. The molecule has 3 nitrogen and oxygen atoms in total. The number of phenolic OH excluding ortho intramolecular Hbond substituents is 1. The summed E-state index contributed by atoms with van der Waals surface area (Å²) in [5.74, 6) is 2.58. The van der Waals surface area contributed by atoms with Gasteiger partial charge in [-0.3, -0.25) is 5.10 Å². The lowest BCUT2D eigenvalue weighted by Crippen LogP contribution is -2.43. The summed E-state index contributed by atoms with van der Waals surface area (Å²) < 4.78 is 0. The maximum absolute atomic E-state index is 9.78. The van der Waals surface area contributed by atoms with Crippen LogP contribution in [-0.2, 0) is 18.3 Å². The Hall–Kier alpha value is -1.77. The van der Waals surface area contributed by atoms with E-state index in [1.165, 1.54) is 53.8 Å². The van der Waals surface area contributed by atoms with Gasteiger partial charge in [0, 0.05) is 11.1 Å². The van der Waals surface area contributed by atoms with Gasteiger partial charge in [-0.25, -0.2) is 0 Å². The zero-order valence-corrected chi connectivity index (χ0v) is 13.9. The highest BCUT2D eigenvalue weighted by molar-refractivity contribution is 5.44. The molecular weight excluding hydrogens is 284 g/mol. The lowest BCUT2D eigenvalue weighted by atomic mass is 9.55. The highest BCUT2D eigenvalue weighted by Crippen LogP contribution is 2.59. The third kappa shape index (κ3) is 1.68. The van der Waals surface area contributed by atoms with Crippen molar-refractivity contribution in [1.82, 2.24) is 10.2 Å². The number of fused-ring (bicyclic) bond motifs is 7. The molecule has 2 N–H and O–H groups in total. The van der Waals surface area contributed by atoms with Gasteiger partial charge in [-0.05, 0) is 85.6 Å². The monoisotopic (exact) mass is 308 g/mol. The molecule has 3 aliphatic rings. The zero-order chi connectivity index (χ0) is 15.8. The van der Waals surface area contributed by atoms with Crippen molar-refractivity contribution < 1.29 is 5.11 Å². The quantitative estimate of drug-likeness (QED) is 0.773. The molecule has 1 saturated carbocycles. The largest absolute Gasteiger partial charge is 0.508 e. The molecule has 5 rings (SSSR count). The van der Waals surface area contributed by atoms with E-state index in [2.05, 4.69) is 30.1 Å². The Morgan fingerprint density at radius 1 is 1.30 bits per heavy atom. The second kappa shape index (κ2) is 4.40. The van der Waals surface area contributed by atoms with Gasteiger partial charge in [0.2, 0.25) is 0 Å². The predicted octanol–water partition coefficient (Wildman–Crippen LogP) is 3.99. The Balaban J connectivity index is 1.56. The zero-order valence-electron chi connectivity index (χ0n) is 13.9. The Kier molecular flexibility index (Phi) is 2.61. The first-order valence-corrected chi connectivity index (χ1v) is 8.94. The maximum Gasteiger partial charge on any atom is 0.115 e. The fraction of sp³-hybridized carbons (Fsp3) is 0.550. The first-order chi connectivity index (χ1) is 11.1. The molecule has 3 unspecified atom stereocenters. The van der Waals surface area contributed by atoms with Crippen LogP contribution in [0.4, 0.5) is 0 Å². The molecular formula is C20H24N2O. The smallest absolute Gasteiger partial charge is 0.115 e. The Bertz CT molecular complexity index is 793. The average Bonchev–Trinajstić information content (AvgIpc) is 3.05. The van der Waals surface area contributed by atoms with Crippen LogP contribution < -0.4 is 0 Å². The van der Waals surface area contributed by atoms with E-state index in [0.29, 0.717) is 11.7 Å². The van der Waals surface area contributed by atoms with Crippen LogP contribution in [-0.4, -0.2) is 15.3 Å². The minimum atomic E-state index is 0.260. The van der Waals surface area contributed by atoms with E-state index in [0.717, 1.165) is 18.3 Å². The topological polar surface area (TPSA) is 48.9 Å². The third-order valence-electron chi connectivity index (χ3n) is 7.14. The molecule has 0 spiro atoms. The molecule has 3 heteroatoms. The van der Waals surface area contributed by atoms with E-state index >= 15 is 0 Å². The molecule has 4 atom stereocenters. The van der Waals surface area contributed by atoms with Crippen molar-refractivity contribution >= 4 is 0 Å². The molecule has 0 saturated heterocycles. The summed E-state index contributed by atoms with van der Waals surface area (Å²) in [6.07, 6.45) is 6.05. The molecule has 1 heterocycles. The van der Waals surface area contributed by atoms with Gasteiger partial charge in [0.1, 0.15) is 5.75 Å². The van der Waals surface area contributed by atoms with Crippen molar-refractivity contribution in [1.29, 1.82) is 0 Å². The standard InChI is InChI=1S/C20H24N2O/c1-11-17-10-18-16-5-3-12-9-13(23)4-6-14(12)15(16)7-8-20(18,2)19(17)22-21-11/h4,6,9,15-16,18,23H,3,5,7-8,10H2,1-2H3,(H,21,22)/t15?,16?,18?,20-/m0/s1. The first-order valence-electron chi connectivity index (χ1n) is 8.94. The molecule has 120 valence electrons. The van der Waals surface area contributed by atoms with Gasteiger partial charge in [-0.15, -0.1) is 0 Å². The van der Waals surface area contributed by atoms with Crippen molar-refractivity contribution in [3.8, 4) is 5.75 Å². The van der Waals surface area contributed by atoms with Gasteiger partial charge in [0.05, 0.1) is 5.69 Å². The van der Waals surface area contributed by atoms with Gasteiger partial charge in [0.15, 0.2) is 0 Å². The van der Waals surface area contributed by atoms with Crippen LogP contribution in [0.5, 0.6) is 5.75 Å². The van der Waals surface area contributed by atoms with Crippen molar-refractivity contribution in [2.45, 2.75) is 57.3 Å². The lowest BCUT2D eigenvalue weighted by molar-refractivity contribution is 0.103. The van der Waals surface area contributed by atoms with Crippen molar-refractivity contribution in [3.63, 3.8) is 0 Å². The highest BCUT2D eigenvalue weighted by Gasteiger charge is 2.54. The SMILES string of the molecule is Cc1[nH]nc2c1CC1C3CCc4cc(O)ccc4C3CC[C@]21C. The summed E-state index contributed by atoms with van der Waals surface area (Å²) in [5, 5.41) is 17.7. The number of aryl methyl sites for hydroxylation is 2. The fourth-order valence-electron chi connectivity index (χ4n) is 5.95. The fourth-order valence-corrected chi connectivity index (χ4v) is 5.95. The molecule has 1 aromatic heterocycles. The summed E-state index contributed by atoms with van der Waals surface area (Å²) in [7, 11) is 0. The maximum atomic E-state index is 9.78. The van der Waals surface area contributed by atoms with E-state index in [-0.39, 0.29) is 5.41 Å². The number of H-pyrrole nitrogens is 1. The summed E-state index contributed by atoms with van der Waals surface area (Å²) in [6.45, 7) is 4.62. The van der Waals surface area contributed by atoms with Crippen molar-refractivity contribution in [2.24, 2.45) is 11.8 Å². The van der Waals surface area contributed by atoms with E-state index < -0.39 is 0 Å². The van der Waals surface area contributed by atoms with Crippen LogP contribution in [0.2, 0.25) is 0 Å². The highest BCUT2D eigenvalue weighted by atomic mass is 16.3. The number of hydrogen-bond acceptors (Lipinski definition) is 2. The molecule has 1 fully saturated rings. The molecule has 0 bridgehead atoms. The molecule has 3 aliphatic carbocycles. The Morgan fingerprint density at radius 2 is 2.17 bits per heavy atom. The average molecular weight is 308 g/mol. The molecule has 0 amide bonds. The Labute approximate surface area is 137 Å². The van der Waals surface area contributed by atoms with Gasteiger partial charge in [-0.1, -0.05) is 13.0 Å². The van der Waals surface area contributed by atoms with Gasteiger partial charge in [-0.2, -0.15) is 5.10 Å². The minimum absolute atomic E-state index is 0.260. The summed E-state index contributed by atoms with van der Waals surface area (Å²) in [4.78, 5) is 0. The van der Waals surface area contributed by atoms with E-state index in [1.54, 1.807) is 0 Å². The van der Waals surface area contributed by atoms with Gasteiger partial charge < -0.3 is 5.11 Å². The number of nitrogens with one attached hydrogen (secondary N) is 1. The van der Waals surface area contributed by atoms with Gasteiger partial charge >= 0.3 is 0 Å². The lowest BCUT2D eigenvalue weighted by Gasteiger charge is -2.49. The van der Waals surface area contributed by atoms with Crippen LogP contribution >= 0.6 is 0 Å². The number of aromatic amines is 1. The van der Waals surface area contributed by atoms with Crippen LogP contribution in [0.3, 0.4) is 0 Å². The van der Waals surface area contributed by atoms with Crippen LogP contribution in [0.25, 0.3) is 0 Å². The van der Waals surface area contributed by atoms with Crippen LogP contribution in [0.1, 0.15) is 60.2 Å². The number of phenols is 1. The van der Waals surface area contributed by atoms with Crippen molar-refractivity contribution in [3.05, 3.63) is 46.3 Å². The number of nitrogens with zero attached hydrogens (tertiary/aromatic N) is 1. The summed E-state index contributed by atoms with van der Waals surface area (Å²) in [5.41, 5.74) is 7.26. The molecule has 2 aromatic rings. The third-order valence-corrected chi connectivity index (χ3v) is 7.14. The predicted molar refractivity (Wildman–Crippen MR) is 89.8 cm³/mol. The number of aromatic nitrogens is 2. The minimum Gasteiger partial charge on any atom is -0.508 e.